The van der Waals surface area contributed by atoms with E-state index in [1.54, 1.807) is 36.5 Å². The number of hydrogen-bond acceptors (Lipinski definition) is 4. The van der Waals surface area contributed by atoms with E-state index < -0.39 is 17.9 Å². The molecule has 1 aromatic heterocycles. The van der Waals surface area contributed by atoms with Gasteiger partial charge in [0, 0.05) is 17.7 Å². The van der Waals surface area contributed by atoms with Crippen LogP contribution in [0.1, 0.15) is 29.2 Å². The third-order valence-electron chi connectivity index (χ3n) is 4.18. The average molecular weight is 371 g/mol. The lowest BCUT2D eigenvalue weighted by atomic mass is 10.0. The molecule has 0 spiro atoms. The summed E-state index contributed by atoms with van der Waals surface area (Å²) in [5, 5.41) is 21.6. The van der Waals surface area contributed by atoms with Gasteiger partial charge in [0.15, 0.2) is 0 Å². The minimum atomic E-state index is -1.02. The Hall–Kier alpha value is -3.98. The second-order valence-corrected chi connectivity index (χ2v) is 6.19. The average Bonchev–Trinajstić information content (AvgIpc) is 2.71. The fourth-order valence-corrected chi connectivity index (χ4v) is 2.77. The van der Waals surface area contributed by atoms with Crippen LogP contribution < -0.4 is 5.32 Å². The zero-order valence-electron chi connectivity index (χ0n) is 14.9. The highest BCUT2D eigenvalue weighted by molar-refractivity contribution is 5.92. The standard InChI is InChI=1S/C22H17N3O3/c23-13-16-7-5-15(6-8-16)9-10-21(26)25-20(12-22(27)28)18-11-17-3-1-2-4-19(17)24-14-18/h1-11,14,20H,12H2,(H,25,26)(H,27,28). The zero-order valence-corrected chi connectivity index (χ0v) is 14.9. The summed E-state index contributed by atoms with van der Waals surface area (Å²) < 4.78 is 0. The molecule has 1 unspecified atom stereocenters. The third-order valence-corrected chi connectivity index (χ3v) is 4.18. The molecule has 0 bridgehead atoms. The molecule has 1 atom stereocenters. The van der Waals surface area contributed by atoms with Crippen molar-refractivity contribution in [1.29, 1.82) is 5.26 Å². The monoisotopic (exact) mass is 371 g/mol. The molecule has 0 aliphatic carbocycles. The highest BCUT2D eigenvalue weighted by Crippen LogP contribution is 2.21. The Morgan fingerprint density at radius 1 is 1.18 bits per heavy atom. The molecule has 3 rings (SSSR count). The Kier molecular flexibility index (Phi) is 5.78. The quantitative estimate of drug-likeness (QED) is 0.646. The molecule has 0 saturated carbocycles. The van der Waals surface area contributed by atoms with Crippen molar-refractivity contribution in [3.05, 3.63) is 83.6 Å². The Morgan fingerprint density at radius 2 is 1.93 bits per heavy atom. The summed E-state index contributed by atoms with van der Waals surface area (Å²) in [6, 6.07) is 17.4. The van der Waals surface area contributed by atoms with Crippen LogP contribution in [0, 0.1) is 11.3 Å². The fourth-order valence-electron chi connectivity index (χ4n) is 2.77. The number of carboxylic acid groups (broad SMARTS) is 1. The van der Waals surface area contributed by atoms with E-state index >= 15 is 0 Å². The Balaban J connectivity index is 1.77. The van der Waals surface area contributed by atoms with Crippen molar-refractivity contribution in [3.8, 4) is 6.07 Å². The number of amides is 1. The smallest absolute Gasteiger partial charge is 0.305 e. The number of nitrogens with zero attached hydrogens (tertiary/aromatic N) is 2. The number of aromatic nitrogens is 1. The predicted molar refractivity (Wildman–Crippen MR) is 105 cm³/mol. The van der Waals surface area contributed by atoms with E-state index in [0.717, 1.165) is 16.5 Å². The predicted octanol–water partition coefficient (Wildman–Crippen LogP) is 3.45. The largest absolute Gasteiger partial charge is 0.481 e. The summed E-state index contributed by atoms with van der Waals surface area (Å²) in [4.78, 5) is 27.9. The van der Waals surface area contributed by atoms with Gasteiger partial charge in [-0.3, -0.25) is 14.6 Å². The Morgan fingerprint density at radius 3 is 2.64 bits per heavy atom. The van der Waals surface area contributed by atoms with Gasteiger partial charge < -0.3 is 10.4 Å². The molecule has 0 aliphatic rings. The van der Waals surface area contributed by atoms with Crippen molar-refractivity contribution < 1.29 is 14.7 Å². The second kappa shape index (κ2) is 8.60. The zero-order chi connectivity index (χ0) is 19.9. The van der Waals surface area contributed by atoms with Crippen LogP contribution in [0.25, 0.3) is 17.0 Å². The van der Waals surface area contributed by atoms with Gasteiger partial charge in [-0.05, 0) is 41.5 Å². The van der Waals surface area contributed by atoms with Gasteiger partial charge in [0.1, 0.15) is 0 Å². The van der Waals surface area contributed by atoms with Crippen LogP contribution in [-0.4, -0.2) is 22.0 Å². The molecule has 1 amide bonds. The van der Waals surface area contributed by atoms with E-state index in [1.807, 2.05) is 36.4 Å². The number of aliphatic carboxylic acids is 1. The van der Waals surface area contributed by atoms with E-state index in [1.165, 1.54) is 6.08 Å². The SMILES string of the molecule is N#Cc1ccc(C=CC(=O)NC(CC(=O)O)c2cnc3ccccc3c2)cc1. The molecule has 0 aliphatic heterocycles. The van der Waals surface area contributed by atoms with E-state index in [9.17, 15) is 14.7 Å². The lowest BCUT2D eigenvalue weighted by molar-refractivity contribution is -0.137. The minimum Gasteiger partial charge on any atom is -0.481 e. The van der Waals surface area contributed by atoms with E-state index in [4.69, 9.17) is 5.26 Å². The van der Waals surface area contributed by atoms with Crippen molar-refractivity contribution in [3.63, 3.8) is 0 Å². The lowest BCUT2D eigenvalue weighted by Gasteiger charge is -2.16. The normalized spacial score (nSPS) is 11.8. The number of hydrogen-bond donors (Lipinski definition) is 2. The maximum Gasteiger partial charge on any atom is 0.305 e. The van der Waals surface area contributed by atoms with Crippen LogP contribution in [-0.2, 0) is 9.59 Å². The van der Waals surface area contributed by atoms with Gasteiger partial charge in [0.05, 0.1) is 29.6 Å². The summed E-state index contributed by atoms with van der Waals surface area (Å²) in [7, 11) is 0. The van der Waals surface area contributed by atoms with Gasteiger partial charge in [0.2, 0.25) is 5.91 Å². The molecule has 6 heteroatoms. The summed E-state index contributed by atoms with van der Waals surface area (Å²) in [6.45, 7) is 0. The summed E-state index contributed by atoms with van der Waals surface area (Å²) in [5.41, 5.74) is 2.72. The number of carbonyl (C=O) groups is 2. The van der Waals surface area contributed by atoms with Gasteiger partial charge in [-0.2, -0.15) is 5.26 Å². The molecule has 2 N–H and O–H groups in total. The Labute approximate surface area is 161 Å². The number of benzene rings is 2. The van der Waals surface area contributed by atoms with E-state index in [-0.39, 0.29) is 6.42 Å². The number of rotatable bonds is 6. The molecule has 138 valence electrons. The van der Waals surface area contributed by atoms with Crippen LogP contribution >= 0.6 is 0 Å². The highest BCUT2D eigenvalue weighted by Gasteiger charge is 2.18. The van der Waals surface area contributed by atoms with E-state index in [2.05, 4.69) is 10.3 Å². The van der Waals surface area contributed by atoms with Crippen LogP contribution in [0.2, 0.25) is 0 Å². The first kappa shape index (κ1) is 18.8. The van der Waals surface area contributed by atoms with Crippen molar-refractivity contribution >= 4 is 28.9 Å². The van der Waals surface area contributed by atoms with E-state index in [0.29, 0.717) is 11.1 Å². The Bertz CT molecular complexity index is 1080. The number of carboxylic acids is 1. The molecule has 28 heavy (non-hydrogen) atoms. The van der Waals surface area contributed by atoms with Crippen molar-refractivity contribution in [2.24, 2.45) is 0 Å². The van der Waals surface area contributed by atoms with Gasteiger partial charge in [0.25, 0.3) is 0 Å². The molecular formula is C22H17N3O3. The molecule has 0 fully saturated rings. The molecule has 0 radical (unpaired) electrons. The summed E-state index contributed by atoms with van der Waals surface area (Å²) in [6.07, 6.45) is 4.27. The van der Waals surface area contributed by atoms with Gasteiger partial charge in [-0.1, -0.05) is 30.3 Å². The van der Waals surface area contributed by atoms with Gasteiger partial charge >= 0.3 is 5.97 Å². The number of fused-ring (bicyclic) bond motifs is 1. The van der Waals surface area contributed by atoms with Crippen LogP contribution in [0.4, 0.5) is 0 Å². The lowest BCUT2D eigenvalue weighted by Crippen LogP contribution is -2.28. The maximum atomic E-state index is 12.3. The number of nitriles is 1. The maximum absolute atomic E-state index is 12.3. The first-order valence-corrected chi connectivity index (χ1v) is 8.60. The second-order valence-electron chi connectivity index (χ2n) is 6.19. The molecular weight excluding hydrogens is 354 g/mol. The van der Waals surface area contributed by atoms with Crippen molar-refractivity contribution in [2.75, 3.05) is 0 Å². The molecule has 3 aromatic rings. The number of pyridine rings is 1. The third kappa shape index (κ3) is 4.80. The fraction of sp³-hybridized carbons (Fsp3) is 0.0909. The molecule has 0 saturated heterocycles. The van der Waals surface area contributed by atoms with Crippen molar-refractivity contribution in [2.45, 2.75) is 12.5 Å². The minimum absolute atomic E-state index is 0.254. The van der Waals surface area contributed by atoms with Crippen LogP contribution in [0.5, 0.6) is 0 Å². The highest BCUT2D eigenvalue weighted by atomic mass is 16.4. The number of para-hydroxylation sites is 1. The van der Waals surface area contributed by atoms with Gasteiger partial charge in [-0.25, -0.2) is 0 Å². The molecule has 2 aromatic carbocycles. The molecule has 6 nitrogen and oxygen atoms in total. The summed E-state index contributed by atoms with van der Waals surface area (Å²) in [5.74, 6) is -1.43. The van der Waals surface area contributed by atoms with Crippen molar-refractivity contribution in [1.82, 2.24) is 10.3 Å². The van der Waals surface area contributed by atoms with Crippen LogP contribution in [0.15, 0.2) is 66.9 Å². The topological polar surface area (TPSA) is 103 Å². The summed E-state index contributed by atoms with van der Waals surface area (Å²) >= 11 is 0. The first-order valence-electron chi connectivity index (χ1n) is 8.60. The molecule has 1 heterocycles. The number of carbonyl (C=O) groups excluding carboxylic acids is 1. The van der Waals surface area contributed by atoms with Gasteiger partial charge in [-0.15, -0.1) is 0 Å². The number of nitrogens with one attached hydrogen (secondary N) is 1. The first-order chi connectivity index (χ1) is 13.5. The van der Waals surface area contributed by atoms with Crippen LogP contribution in [0.3, 0.4) is 0 Å².